The molecule has 168 valence electrons. The van der Waals surface area contributed by atoms with E-state index in [-0.39, 0.29) is 29.2 Å². The van der Waals surface area contributed by atoms with Crippen molar-refractivity contribution in [2.45, 2.75) is 13.0 Å². The summed E-state index contributed by atoms with van der Waals surface area (Å²) in [6.45, 7) is 0.869. The molecule has 4 N–H and O–H groups in total. The van der Waals surface area contributed by atoms with Gasteiger partial charge >= 0.3 is 18.0 Å². The number of carbonyl (C=O) groups is 4. The number of benzene rings is 1. The van der Waals surface area contributed by atoms with Crippen LogP contribution in [0, 0.1) is 0 Å². The van der Waals surface area contributed by atoms with Crippen molar-refractivity contribution in [2.75, 3.05) is 19.8 Å². The van der Waals surface area contributed by atoms with E-state index in [9.17, 15) is 19.2 Å². The number of rotatable bonds is 9. The highest BCUT2D eigenvalue weighted by molar-refractivity contribution is 5.96. The zero-order valence-corrected chi connectivity index (χ0v) is 17.1. The van der Waals surface area contributed by atoms with Crippen LogP contribution >= 0.6 is 0 Å². The first kappa shape index (κ1) is 22.4. The van der Waals surface area contributed by atoms with E-state index >= 15 is 0 Å². The average Bonchev–Trinajstić information content (AvgIpc) is 3.30. The quantitative estimate of drug-likeness (QED) is 0.487. The third kappa shape index (κ3) is 5.25. The number of amides is 3. The van der Waals surface area contributed by atoms with E-state index in [2.05, 4.69) is 10.6 Å². The van der Waals surface area contributed by atoms with E-state index in [1.807, 2.05) is 0 Å². The summed E-state index contributed by atoms with van der Waals surface area (Å²) in [4.78, 5) is 48.4. The standard InChI is InChI=1S/C21H21N3O8/c1-2-29-20(27)17-13(23-21(28)24-18(17)15-8-5-9-30-15)10-32-19(26)12-6-3-4-7-14(12)31-11-16(22)25/h3-9,18H,2,10-11H2,1H3,(H2,22,25)(H2,23,24,28). The second kappa shape index (κ2) is 10.2. The highest BCUT2D eigenvalue weighted by Gasteiger charge is 2.35. The number of para-hydroxylation sites is 1. The summed E-state index contributed by atoms with van der Waals surface area (Å²) < 4.78 is 21.0. The fourth-order valence-corrected chi connectivity index (χ4v) is 2.98. The van der Waals surface area contributed by atoms with Crippen molar-refractivity contribution in [1.29, 1.82) is 0 Å². The maximum absolute atomic E-state index is 12.6. The maximum Gasteiger partial charge on any atom is 0.342 e. The number of urea groups is 1. The van der Waals surface area contributed by atoms with Crippen LogP contribution in [0.2, 0.25) is 0 Å². The molecule has 0 spiro atoms. The van der Waals surface area contributed by atoms with Crippen LogP contribution in [-0.4, -0.2) is 43.7 Å². The average molecular weight is 443 g/mol. The molecule has 1 aliphatic heterocycles. The molecule has 1 aliphatic rings. The van der Waals surface area contributed by atoms with Gasteiger partial charge in [-0.05, 0) is 31.2 Å². The highest BCUT2D eigenvalue weighted by atomic mass is 16.5. The second-order valence-corrected chi connectivity index (χ2v) is 6.49. The summed E-state index contributed by atoms with van der Waals surface area (Å²) >= 11 is 0. The number of nitrogens with one attached hydrogen (secondary N) is 2. The summed E-state index contributed by atoms with van der Waals surface area (Å²) in [7, 11) is 0. The highest BCUT2D eigenvalue weighted by Crippen LogP contribution is 2.28. The monoisotopic (exact) mass is 443 g/mol. The fourth-order valence-electron chi connectivity index (χ4n) is 2.98. The largest absolute Gasteiger partial charge is 0.483 e. The third-order valence-electron chi connectivity index (χ3n) is 4.30. The van der Waals surface area contributed by atoms with E-state index in [0.717, 1.165) is 0 Å². The molecule has 2 aromatic rings. The Labute approximate surface area is 182 Å². The van der Waals surface area contributed by atoms with E-state index < -0.39 is 43.1 Å². The van der Waals surface area contributed by atoms with Crippen LogP contribution in [0.4, 0.5) is 4.79 Å². The van der Waals surface area contributed by atoms with Crippen LogP contribution in [-0.2, 0) is 19.1 Å². The van der Waals surface area contributed by atoms with Gasteiger partial charge in [-0.1, -0.05) is 12.1 Å². The van der Waals surface area contributed by atoms with Crippen LogP contribution in [0.15, 0.2) is 58.3 Å². The summed E-state index contributed by atoms with van der Waals surface area (Å²) in [6.07, 6.45) is 1.40. The Morgan fingerprint density at radius 3 is 2.56 bits per heavy atom. The second-order valence-electron chi connectivity index (χ2n) is 6.49. The molecule has 1 aromatic heterocycles. The lowest BCUT2D eigenvalue weighted by Crippen LogP contribution is -2.47. The molecule has 32 heavy (non-hydrogen) atoms. The summed E-state index contributed by atoms with van der Waals surface area (Å²) in [5.74, 6) is -1.82. The van der Waals surface area contributed by atoms with Gasteiger partial charge in [-0.15, -0.1) is 0 Å². The number of furan rings is 1. The minimum absolute atomic E-state index is 0.0347. The zero-order chi connectivity index (χ0) is 23.1. The van der Waals surface area contributed by atoms with Gasteiger partial charge in [-0.25, -0.2) is 14.4 Å². The Bertz CT molecular complexity index is 1050. The van der Waals surface area contributed by atoms with Gasteiger partial charge in [-0.3, -0.25) is 4.79 Å². The van der Waals surface area contributed by atoms with Gasteiger partial charge in [0.2, 0.25) is 0 Å². The lowest BCUT2D eigenvalue weighted by molar-refractivity contribution is -0.139. The van der Waals surface area contributed by atoms with Crippen molar-refractivity contribution in [1.82, 2.24) is 10.6 Å². The molecule has 3 amide bonds. The van der Waals surface area contributed by atoms with Gasteiger partial charge in [-0.2, -0.15) is 0 Å². The zero-order valence-electron chi connectivity index (χ0n) is 17.1. The molecule has 0 saturated heterocycles. The molecule has 11 heteroatoms. The Morgan fingerprint density at radius 1 is 1.09 bits per heavy atom. The topological polar surface area (TPSA) is 159 Å². The smallest absolute Gasteiger partial charge is 0.342 e. The minimum atomic E-state index is -0.933. The SMILES string of the molecule is CCOC(=O)C1=C(COC(=O)c2ccccc2OCC(N)=O)NC(=O)NC1c1ccco1. The molecule has 0 saturated carbocycles. The Hall–Kier alpha value is -4.28. The molecule has 0 aliphatic carbocycles. The predicted molar refractivity (Wildman–Crippen MR) is 108 cm³/mol. The van der Waals surface area contributed by atoms with Gasteiger partial charge < -0.3 is 35.0 Å². The maximum atomic E-state index is 12.6. The Balaban J connectivity index is 1.85. The normalized spacial score (nSPS) is 15.4. The van der Waals surface area contributed by atoms with Crippen molar-refractivity contribution in [3.63, 3.8) is 0 Å². The van der Waals surface area contributed by atoms with Gasteiger partial charge in [0, 0.05) is 0 Å². The first-order valence-electron chi connectivity index (χ1n) is 9.59. The number of primary amides is 1. The number of ether oxygens (including phenoxy) is 3. The van der Waals surface area contributed by atoms with Gasteiger partial charge in [0.05, 0.1) is 24.1 Å². The third-order valence-corrected chi connectivity index (χ3v) is 4.30. The van der Waals surface area contributed by atoms with Crippen molar-refractivity contribution in [3.8, 4) is 5.75 Å². The molecule has 1 unspecified atom stereocenters. The molecule has 2 heterocycles. The van der Waals surface area contributed by atoms with E-state index in [1.54, 1.807) is 31.2 Å². The lowest BCUT2D eigenvalue weighted by Gasteiger charge is -2.27. The molecule has 0 bridgehead atoms. The van der Waals surface area contributed by atoms with E-state index in [4.69, 9.17) is 24.4 Å². The summed E-state index contributed by atoms with van der Waals surface area (Å²) in [5, 5.41) is 5.06. The number of nitrogens with two attached hydrogens (primary N) is 1. The molecule has 1 atom stereocenters. The Morgan fingerprint density at radius 2 is 1.88 bits per heavy atom. The minimum Gasteiger partial charge on any atom is -0.483 e. The number of hydrogen-bond acceptors (Lipinski definition) is 8. The van der Waals surface area contributed by atoms with E-state index in [1.165, 1.54) is 18.4 Å². The summed E-state index contributed by atoms with van der Waals surface area (Å²) in [5.41, 5.74) is 5.18. The summed E-state index contributed by atoms with van der Waals surface area (Å²) in [6, 6.07) is 7.74. The Kier molecular flexibility index (Phi) is 7.11. The first-order chi connectivity index (χ1) is 15.4. The van der Waals surface area contributed by atoms with E-state index in [0.29, 0.717) is 5.76 Å². The number of carbonyl (C=O) groups excluding carboxylic acids is 4. The predicted octanol–water partition coefficient (Wildman–Crippen LogP) is 1.17. The van der Waals surface area contributed by atoms with Gasteiger partial charge in [0.15, 0.2) is 6.61 Å². The molecule has 0 fully saturated rings. The molecular weight excluding hydrogens is 422 g/mol. The molecule has 1 aromatic carbocycles. The van der Waals surface area contributed by atoms with Crippen LogP contribution in [0.1, 0.15) is 29.1 Å². The number of hydrogen-bond donors (Lipinski definition) is 3. The first-order valence-corrected chi connectivity index (χ1v) is 9.59. The lowest BCUT2D eigenvalue weighted by atomic mass is 10.0. The fraction of sp³-hybridized carbons (Fsp3) is 0.238. The molecule has 11 nitrogen and oxygen atoms in total. The van der Waals surface area contributed by atoms with Gasteiger partial charge in [0.1, 0.15) is 29.7 Å². The van der Waals surface area contributed by atoms with Crippen LogP contribution in [0.5, 0.6) is 5.75 Å². The van der Waals surface area contributed by atoms with Crippen LogP contribution in [0.3, 0.4) is 0 Å². The van der Waals surface area contributed by atoms with Crippen LogP contribution in [0.25, 0.3) is 0 Å². The molecule has 3 rings (SSSR count). The molecular formula is C21H21N3O8. The van der Waals surface area contributed by atoms with Crippen molar-refractivity contribution < 1.29 is 37.8 Å². The molecule has 0 radical (unpaired) electrons. The number of esters is 2. The van der Waals surface area contributed by atoms with Crippen molar-refractivity contribution >= 4 is 23.9 Å². The van der Waals surface area contributed by atoms with Crippen molar-refractivity contribution in [2.24, 2.45) is 5.73 Å². The van der Waals surface area contributed by atoms with Gasteiger partial charge in [0.25, 0.3) is 5.91 Å². The van der Waals surface area contributed by atoms with Crippen molar-refractivity contribution in [3.05, 3.63) is 65.3 Å². The van der Waals surface area contributed by atoms with Crippen LogP contribution < -0.4 is 21.1 Å².